The van der Waals surface area contributed by atoms with Crippen molar-refractivity contribution in [3.8, 4) is 0 Å². The Hall–Kier alpha value is -3.15. The van der Waals surface area contributed by atoms with Crippen LogP contribution in [-0.4, -0.2) is 37.2 Å². The number of carbonyl (C=O) groups is 3. The SMILES string of the molecule is CC/C=C/C=C/C=C/C=C/C=C/CCCC(=O)OCC(COC(=O)CCCCCCCCCCCCCCCCCCCC)OC(=O)CCCCCCC/C=C/CCCCCCCCC. The predicted molar refractivity (Wildman–Crippen MR) is 279 cm³/mol. The zero-order valence-electron chi connectivity index (χ0n) is 42.7. The second kappa shape index (κ2) is 53.5. The number of unbranched alkanes of at least 4 members (excludes halogenated alkanes) is 30. The molecule has 1 atom stereocenters. The Morgan fingerprint density at radius 2 is 0.631 bits per heavy atom. The molecule has 0 radical (unpaired) electrons. The second-order valence-corrected chi connectivity index (χ2v) is 18.2. The van der Waals surface area contributed by atoms with Gasteiger partial charge in [-0.15, -0.1) is 0 Å². The van der Waals surface area contributed by atoms with E-state index in [1.807, 2.05) is 54.7 Å². The van der Waals surface area contributed by atoms with Crippen LogP contribution in [0.25, 0.3) is 0 Å². The maximum Gasteiger partial charge on any atom is 0.306 e. The fourth-order valence-corrected chi connectivity index (χ4v) is 7.70. The largest absolute Gasteiger partial charge is 0.462 e. The molecule has 0 saturated heterocycles. The van der Waals surface area contributed by atoms with Crippen LogP contribution in [0.15, 0.2) is 72.9 Å². The Kier molecular flexibility index (Phi) is 50.9. The number of hydrogen-bond acceptors (Lipinski definition) is 6. The van der Waals surface area contributed by atoms with Gasteiger partial charge >= 0.3 is 17.9 Å². The second-order valence-electron chi connectivity index (χ2n) is 18.2. The highest BCUT2D eigenvalue weighted by Gasteiger charge is 2.19. The third-order valence-electron chi connectivity index (χ3n) is 11.8. The summed E-state index contributed by atoms with van der Waals surface area (Å²) in [6.45, 7) is 6.44. The first-order chi connectivity index (χ1) is 32.0. The van der Waals surface area contributed by atoms with Crippen molar-refractivity contribution in [3.63, 3.8) is 0 Å². The van der Waals surface area contributed by atoms with Crippen molar-refractivity contribution in [3.05, 3.63) is 72.9 Å². The van der Waals surface area contributed by atoms with Gasteiger partial charge < -0.3 is 14.2 Å². The van der Waals surface area contributed by atoms with Gasteiger partial charge in [0.25, 0.3) is 0 Å². The number of rotatable bonds is 49. The molecular weight excluding hydrogens is 805 g/mol. The van der Waals surface area contributed by atoms with E-state index in [2.05, 4.69) is 39.0 Å². The Bertz CT molecular complexity index is 1230. The monoisotopic (exact) mass is 907 g/mol. The molecule has 0 aliphatic heterocycles. The summed E-state index contributed by atoms with van der Waals surface area (Å²) in [5.74, 6) is -0.977. The molecule has 0 spiro atoms. The number of allylic oxidation sites excluding steroid dienone is 12. The molecule has 0 rings (SSSR count). The van der Waals surface area contributed by atoms with Crippen molar-refractivity contribution in [2.75, 3.05) is 13.2 Å². The first kappa shape index (κ1) is 61.9. The average Bonchev–Trinajstić information content (AvgIpc) is 3.30. The molecule has 1 unspecified atom stereocenters. The van der Waals surface area contributed by atoms with Crippen LogP contribution in [-0.2, 0) is 28.6 Å². The van der Waals surface area contributed by atoms with E-state index in [9.17, 15) is 14.4 Å². The molecule has 0 aromatic heterocycles. The van der Waals surface area contributed by atoms with E-state index < -0.39 is 6.10 Å². The molecule has 0 aromatic carbocycles. The van der Waals surface area contributed by atoms with E-state index >= 15 is 0 Å². The van der Waals surface area contributed by atoms with Crippen molar-refractivity contribution in [1.82, 2.24) is 0 Å². The smallest absolute Gasteiger partial charge is 0.306 e. The standard InChI is InChI=1S/C59H102O6/c1-4-7-10-13-16-19-22-25-27-29-30-32-34-37-40-43-46-49-52-58(61)64-55-56(54-63-57(60)51-48-45-42-39-36-33-24-21-18-15-12-9-6-3)65-59(62)53-50-47-44-41-38-35-31-28-26-23-20-17-14-11-8-5-2/h9,12,15,18,21,24,28,31,33,36,39,42,56H,4-8,10-11,13-14,16-17,19-20,22-23,25-27,29-30,32,34-35,37-38,40-41,43-55H2,1-3H3/b12-9+,18-15+,24-21+,31-28+,36-33+,42-39+. The third-order valence-corrected chi connectivity index (χ3v) is 11.8. The fourth-order valence-electron chi connectivity index (χ4n) is 7.70. The minimum absolute atomic E-state index is 0.0991. The zero-order valence-corrected chi connectivity index (χ0v) is 42.7. The number of ether oxygens (including phenoxy) is 3. The maximum absolute atomic E-state index is 12.8. The van der Waals surface area contributed by atoms with Gasteiger partial charge in [-0.3, -0.25) is 14.4 Å². The predicted octanol–water partition coefficient (Wildman–Crippen LogP) is 18.2. The van der Waals surface area contributed by atoms with Crippen LogP contribution in [0.1, 0.15) is 265 Å². The molecule has 0 aromatic rings. The van der Waals surface area contributed by atoms with E-state index in [1.165, 1.54) is 154 Å². The molecule has 0 aliphatic rings. The fraction of sp³-hybridized carbons (Fsp3) is 0.746. The Morgan fingerprint density at radius 1 is 0.323 bits per heavy atom. The number of esters is 3. The normalized spacial score (nSPS) is 12.6. The Balaban J connectivity index is 4.43. The van der Waals surface area contributed by atoms with E-state index in [4.69, 9.17) is 14.2 Å². The summed E-state index contributed by atoms with van der Waals surface area (Å²) in [5, 5.41) is 0. The highest BCUT2D eigenvalue weighted by atomic mass is 16.6. The summed E-state index contributed by atoms with van der Waals surface area (Å²) in [7, 11) is 0. The molecule has 0 amide bonds. The van der Waals surface area contributed by atoms with Crippen LogP contribution >= 0.6 is 0 Å². The molecule has 0 N–H and O–H groups in total. The molecule has 65 heavy (non-hydrogen) atoms. The maximum atomic E-state index is 12.8. The van der Waals surface area contributed by atoms with Gasteiger partial charge in [0.2, 0.25) is 0 Å². The van der Waals surface area contributed by atoms with Crippen LogP contribution < -0.4 is 0 Å². The van der Waals surface area contributed by atoms with Crippen LogP contribution in [0.3, 0.4) is 0 Å². The number of carbonyl (C=O) groups excluding carboxylic acids is 3. The summed E-state index contributed by atoms with van der Waals surface area (Å²) in [6, 6.07) is 0. The van der Waals surface area contributed by atoms with Crippen molar-refractivity contribution in [1.29, 1.82) is 0 Å². The summed E-state index contributed by atoms with van der Waals surface area (Å²) in [4.78, 5) is 38.0. The summed E-state index contributed by atoms with van der Waals surface area (Å²) < 4.78 is 16.8. The van der Waals surface area contributed by atoms with Crippen molar-refractivity contribution >= 4 is 17.9 Å². The van der Waals surface area contributed by atoms with Gasteiger partial charge in [0, 0.05) is 19.3 Å². The lowest BCUT2D eigenvalue weighted by Gasteiger charge is -2.18. The lowest BCUT2D eigenvalue weighted by molar-refractivity contribution is -0.167. The Morgan fingerprint density at radius 3 is 1.03 bits per heavy atom. The molecule has 0 heterocycles. The van der Waals surface area contributed by atoms with E-state index in [-0.39, 0.29) is 37.5 Å². The van der Waals surface area contributed by atoms with Crippen LogP contribution in [0.5, 0.6) is 0 Å². The zero-order chi connectivity index (χ0) is 47.2. The van der Waals surface area contributed by atoms with Gasteiger partial charge in [-0.2, -0.15) is 0 Å². The molecule has 0 aliphatic carbocycles. The minimum Gasteiger partial charge on any atom is -0.462 e. The molecule has 6 heteroatoms. The van der Waals surface area contributed by atoms with Crippen LogP contribution in [0, 0.1) is 0 Å². The van der Waals surface area contributed by atoms with E-state index in [0.717, 1.165) is 64.2 Å². The quantitative estimate of drug-likeness (QED) is 0.0199. The summed E-state index contributed by atoms with van der Waals surface area (Å²) in [5.41, 5.74) is 0. The minimum atomic E-state index is -0.806. The first-order valence-electron chi connectivity index (χ1n) is 27.5. The third kappa shape index (κ3) is 51.7. The number of hydrogen-bond donors (Lipinski definition) is 0. The van der Waals surface area contributed by atoms with E-state index in [1.54, 1.807) is 0 Å². The molecular formula is C59H102O6. The van der Waals surface area contributed by atoms with Gasteiger partial charge in [-0.25, -0.2) is 0 Å². The van der Waals surface area contributed by atoms with E-state index in [0.29, 0.717) is 19.3 Å². The van der Waals surface area contributed by atoms with Crippen molar-refractivity contribution in [2.45, 2.75) is 271 Å². The molecule has 0 bridgehead atoms. The van der Waals surface area contributed by atoms with Crippen molar-refractivity contribution < 1.29 is 28.6 Å². The first-order valence-corrected chi connectivity index (χ1v) is 27.5. The Labute approximate surface area is 402 Å². The molecule has 0 saturated carbocycles. The molecule has 0 fully saturated rings. The van der Waals surface area contributed by atoms with Gasteiger partial charge in [-0.1, -0.05) is 261 Å². The highest BCUT2D eigenvalue weighted by Crippen LogP contribution is 2.16. The summed E-state index contributed by atoms with van der Waals surface area (Å²) >= 11 is 0. The summed E-state index contributed by atoms with van der Waals surface area (Å²) in [6.07, 6.45) is 67.6. The average molecular weight is 907 g/mol. The van der Waals surface area contributed by atoms with Crippen molar-refractivity contribution in [2.24, 2.45) is 0 Å². The topological polar surface area (TPSA) is 78.9 Å². The van der Waals surface area contributed by atoms with Gasteiger partial charge in [-0.05, 0) is 57.8 Å². The van der Waals surface area contributed by atoms with Gasteiger partial charge in [0.15, 0.2) is 6.10 Å². The van der Waals surface area contributed by atoms with Crippen LogP contribution in [0.2, 0.25) is 0 Å². The lowest BCUT2D eigenvalue weighted by Crippen LogP contribution is -2.30. The highest BCUT2D eigenvalue weighted by molar-refractivity contribution is 5.71. The van der Waals surface area contributed by atoms with Gasteiger partial charge in [0.05, 0.1) is 0 Å². The van der Waals surface area contributed by atoms with Crippen LogP contribution in [0.4, 0.5) is 0 Å². The molecule has 374 valence electrons. The molecule has 6 nitrogen and oxygen atoms in total. The lowest BCUT2D eigenvalue weighted by atomic mass is 10.0. The van der Waals surface area contributed by atoms with Gasteiger partial charge in [0.1, 0.15) is 13.2 Å².